The number of hydrogen-bond donors (Lipinski definition) is 0. The molecule has 0 saturated heterocycles. The summed E-state index contributed by atoms with van der Waals surface area (Å²) < 4.78 is 16.8. The summed E-state index contributed by atoms with van der Waals surface area (Å²) in [6.07, 6.45) is 4.86. The number of rotatable bonds is 6. The maximum absolute atomic E-state index is 12.3. The molecule has 1 aromatic rings. The topological polar surface area (TPSA) is 48.0 Å². The van der Waals surface area contributed by atoms with Crippen LogP contribution < -0.4 is 9.47 Å². The minimum atomic E-state index is -0.256. The molecule has 0 saturated carbocycles. The molecule has 0 aromatic heterocycles. The van der Waals surface area contributed by atoms with Gasteiger partial charge in [0.05, 0.1) is 25.4 Å². The highest BCUT2D eigenvalue weighted by Gasteiger charge is 2.33. The third kappa shape index (κ3) is 4.31. The first-order valence-corrected chi connectivity index (χ1v) is 10.9. The van der Waals surface area contributed by atoms with E-state index in [0.717, 1.165) is 29.0 Å². The molecule has 1 unspecified atom stereocenters. The molecule has 0 N–H and O–H groups in total. The highest BCUT2D eigenvalue weighted by molar-refractivity contribution is 8.16. The maximum Gasteiger partial charge on any atom is 0.410 e. The number of nitrogens with zero attached hydrogens (tertiary/aromatic N) is 1. The molecule has 7 heteroatoms. The molecule has 1 aromatic carbocycles. The molecule has 0 bridgehead atoms. The predicted molar refractivity (Wildman–Crippen MR) is 105 cm³/mol. The lowest BCUT2D eigenvalue weighted by molar-refractivity contribution is 0.105. The molecular weight excluding hydrogens is 358 g/mol. The van der Waals surface area contributed by atoms with Gasteiger partial charge in [0.1, 0.15) is 0 Å². The number of carbonyl (C=O) groups is 1. The van der Waals surface area contributed by atoms with Gasteiger partial charge in [0, 0.05) is 24.6 Å². The van der Waals surface area contributed by atoms with E-state index in [1.165, 1.54) is 0 Å². The first-order chi connectivity index (χ1) is 12.1. The molecule has 2 rings (SSSR count). The Bertz CT molecular complexity index is 593. The summed E-state index contributed by atoms with van der Waals surface area (Å²) in [7, 11) is 3.33. The van der Waals surface area contributed by atoms with Crippen LogP contribution >= 0.6 is 23.5 Å². The Morgan fingerprint density at radius 1 is 1.28 bits per heavy atom. The fourth-order valence-electron chi connectivity index (χ4n) is 3.33. The Morgan fingerprint density at radius 2 is 2.00 bits per heavy atom. The lowest BCUT2D eigenvalue weighted by Crippen LogP contribution is -2.31. The van der Waals surface area contributed by atoms with Gasteiger partial charge in [-0.1, -0.05) is 6.07 Å². The monoisotopic (exact) mass is 385 g/mol. The van der Waals surface area contributed by atoms with Crippen LogP contribution in [0.15, 0.2) is 12.1 Å². The average molecular weight is 386 g/mol. The Kier molecular flexibility index (Phi) is 7.62. The van der Waals surface area contributed by atoms with Crippen molar-refractivity contribution in [1.29, 1.82) is 0 Å². The summed E-state index contributed by atoms with van der Waals surface area (Å²) >= 11 is 3.67. The quantitative estimate of drug-likeness (QED) is 0.684. The van der Waals surface area contributed by atoms with E-state index in [1.807, 2.05) is 42.6 Å². The zero-order valence-corrected chi connectivity index (χ0v) is 17.2. The van der Waals surface area contributed by atoms with Crippen molar-refractivity contribution in [3.05, 3.63) is 23.3 Å². The second-order valence-corrected chi connectivity index (χ2v) is 7.99. The number of hydrogen-bond acceptors (Lipinski definition) is 6. The fourth-order valence-corrected chi connectivity index (χ4v) is 5.30. The first-order valence-electron chi connectivity index (χ1n) is 8.32. The molecule has 0 aliphatic carbocycles. The summed E-state index contributed by atoms with van der Waals surface area (Å²) in [5.41, 5.74) is 2.25. The summed E-state index contributed by atoms with van der Waals surface area (Å²) in [5, 5.41) is 0. The molecule has 0 fully saturated rings. The van der Waals surface area contributed by atoms with Crippen molar-refractivity contribution in [1.82, 2.24) is 4.90 Å². The van der Waals surface area contributed by atoms with E-state index in [1.54, 1.807) is 19.1 Å². The van der Waals surface area contributed by atoms with Gasteiger partial charge >= 0.3 is 6.09 Å². The van der Waals surface area contributed by atoms with Crippen molar-refractivity contribution in [2.75, 3.05) is 39.9 Å². The highest BCUT2D eigenvalue weighted by atomic mass is 32.2. The van der Waals surface area contributed by atoms with E-state index in [4.69, 9.17) is 14.2 Å². The number of fused-ring (bicyclic) bond motifs is 1. The van der Waals surface area contributed by atoms with Gasteiger partial charge in [-0.3, -0.25) is 0 Å². The van der Waals surface area contributed by atoms with Crippen molar-refractivity contribution < 1.29 is 19.0 Å². The lowest BCUT2D eigenvalue weighted by atomic mass is 9.92. The normalized spacial score (nSPS) is 17.0. The van der Waals surface area contributed by atoms with E-state index >= 15 is 0 Å². The second kappa shape index (κ2) is 9.48. The minimum Gasteiger partial charge on any atom is -0.493 e. The molecule has 25 heavy (non-hydrogen) atoms. The number of ether oxygens (including phenoxy) is 3. The molecule has 1 aliphatic heterocycles. The minimum absolute atomic E-state index is 0.256. The van der Waals surface area contributed by atoms with Gasteiger partial charge in [-0.05, 0) is 37.5 Å². The first kappa shape index (κ1) is 20.1. The Hall–Kier alpha value is -1.21. The van der Waals surface area contributed by atoms with Crippen LogP contribution in [-0.4, -0.2) is 55.5 Å². The lowest BCUT2D eigenvalue weighted by Gasteiger charge is -2.27. The highest BCUT2D eigenvalue weighted by Crippen LogP contribution is 2.47. The summed E-state index contributed by atoms with van der Waals surface area (Å²) in [6.45, 7) is 3.41. The summed E-state index contributed by atoms with van der Waals surface area (Å²) in [4.78, 5) is 14.1. The van der Waals surface area contributed by atoms with Crippen molar-refractivity contribution in [3.63, 3.8) is 0 Å². The molecule has 1 aliphatic rings. The van der Waals surface area contributed by atoms with Gasteiger partial charge in [-0.25, -0.2) is 4.79 Å². The van der Waals surface area contributed by atoms with Crippen molar-refractivity contribution in [2.24, 2.45) is 0 Å². The molecule has 140 valence electrons. The molecule has 1 amide bonds. The van der Waals surface area contributed by atoms with Gasteiger partial charge in [0.15, 0.2) is 11.5 Å². The molecule has 1 atom stereocenters. The largest absolute Gasteiger partial charge is 0.493 e. The van der Waals surface area contributed by atoms with Crippen LogP contribution in [0.4, 0.5) is 4.79 Å². The van der Waals surface area contributed by atoms with E-state index < -0.39 is 0 Å². The van der Waals surface area contributed by atoms with Crippen LogP contribution in [0.25, 0.3) is 0 Å². The van der Waals surface area contributed by atoms with Gasteiger partial charge < -0.3 is 19.1 Å². The maximum atomic E-state index is 12.3. The Morgan fingerprint density at radius 3 is 2.56 bits per heavy atom. The van der Waals surface area contributed by atoms with Crippen LogP contribution in [0, 0.1) is 0 Å². The fraction of sp³-hybridized carbons (Fsp3) is 0.611. The Labute approximate surface area is 158 Å². The molecular formula is C18H27NO4S2. The molecule has 0 radical (unpaired) electrons. The summed E-state index contributed by atoms with van der Waals surface area (Å²) in [6, 6.07) is 3.95. The standard InChI is InChI=1S/C18H27NO4S2/c1-6-23-18(20)19-10-9-13(17(24-4)25-5)15-12(11-19)7-8-14(21-2)16(15)22-3/h7-8,13,17H,6,9-11H2,1-5H3. The predicted octanol–water partition coefficient (Wildman–Crippen LogP) is 4.20. The zero-order valence-electron chi connectivity index (χ0n) is 15.5. The van der Waals surface area contributed by atoms with Crippen LogP contribution in [-0.2, 0) is 11.3 Å². The van der Waals surface area contributed by atoms with E-state index in [2.05, 4.69) is 12.5 Å². The number of thioether (sulfide) groups is 2. The number of amides is 1. The third-order valence-electron chi connectivity index (χ3n) is 4.44. The van der Waals surface area contributed by atoms with Crippen LogP contribution in [0.5, 0.6) is 11.5 Å². The van der Waals surface area contributed by atoms with Crippen molar-refractivity contribution >= 4 is 29.6 Å². The summed E-state index contributed by atoms with van der Waals surface area (Å²) in [5.74, 6) is 1.78. The number of carbonyl (C=O) groups excluding carboxylic acids is 1. The van der Waals surface area contributed by atoms with Gasteiger partial charge in [0.2, 0.25) is 0 Å². The Balaban J connectivity index is 2.52. The van der Waals surface area contributed by atoms with Gasteiger partial charge in [-0.2, -0.15) is 23.5 Å². The number of methoxy groups -OCH3 is 2. The second-order valence-electron chi connectivity index (χ2n) is 5.73. The van der Waals surface area contributed by atoms with Crippen LogP contribution in [0.1, 0.15) is 30.4 Å². The number of benzene rings is 1. The van der Waals surface area contributed by atoms with Gasteiger partial charge in [-0.15, -0.1) is 0 Å². The average Bonchev–Trinajstić information content (AvgIpc) is 2.82. The molecule has 5 nitrogen and oxygen atoms in total. The molecule has 1 heterocycles. The SMILES string of the molecule is CCOC(=O)N1CCC(C(SC)SC)c2c(ccc(OC)c2OC)C1. The third-order valence-corrected chi connectivity index (χ3v) is 7.18. The van der Waals surface area contributed by atoms with Crippen molar-refractivity contribution in [3.8, 4) is 11.5 Å². The smallest absolute Gasteiger partial charge is 0.410 e. The molecule has 0 spiro atoms. The van der Waals surface area contributed by atoms with Crippen LogP contribution in [0.3, 0.4) is 0 Å². The van der Waals surface area contributed by atoms with Gasteiger partial charge in [0.25, 0.3) is 0 Å². The zero-order chi connectivity index (χ0) is 18.4. The van der Waals surface area contributed by atoms with Crippen LogP contribution in [0.2, 0.25) is 0 Å². The van der Waals surface area contributed by atoms with E-state index in [9.17, 15) is 4.79 Å². The van der Waals surface area contributed by atoms with E-state index in [0.29, 0.717) is 24.3 Å². The van der Waals surface area contributed by atoms with E-state index in [-0.39, 0.29) is 12.0 Å². The van der Waals surface area contributed by atoms with Crippen molar-refractivity contribution in [2.45, 2.75) is 30.4 Å².